The molecule has 0 radical (unpaired) electrons. The maximum absolute atomic E-state index is 12.3. The molecule has 4 nitrogen and oxygen atoms in total. The van der Waals surface area contributed by atoms with Crippen LogP contribution in [0.15, 0.2) is 42.5 Å². The van der Waals surface area contributed by atoms with Gasteiger partial charge in [0.25, 0.3) is 0 Å². The predicted molar refractivity (Wildman–Crippen MR) is 109 cm³/mol. The van der Waals surface area contributed by atoms with Gasteiger partial charge in [0.2, 0.25) is 5.91 Å². The highest BCUT2D eigenvalue weighted by atomic mass is 16.5. The molecule has 0 unspecified atom stereocenters. The van der Waals surface area contributed by atoms with E-state index in [1.54, 1.807) is 0 Å². The fourth-order valence-corrected chi connectivity index (χ4v) is 3.46. The van der Waals surface area contributed by atoms with Crippen molar-refractivity contribution < 1.29 is 9.53 Å². The van der Waals surface area contributed by atoms with Gasteiger partial charge in [-0.15, -0.1) is 0 Å². The summed E-state index contributed by atoms with van der Waals surface area (Å²) < 4.78 is 6.21. The van der Waals surface area contributed by atoms with Crippen LogP contribution in [0.5, 0.6) is 5.75 Å². The van der Waals surface area contributed by atoms with E-state index in [1.807, 2.05) is 12.1 Å². The minimum Gasteiger partial charge on any atom is -0.490 e. The van der Waals surface area contributed by atoms with Crippen molar-refractivity contribution in [3.63, 3.8) is 0 Å². The summed E-state index contributed by atoms with van der Waals surface area (Å²) in [7, 11) is 0. The Kier molecular flexibility index (Phi) is 6.51. The van der Waals surface area contributed by atoms with E-state index < -0.39 is 0 Å². The molecule has 0 spiro atoms. The normalized spacial score (nSPS) is 15.5. The summed E-state index contributed by atoms with van der Waals surface area (Å²) in [6.07, 6.45) is 2.15. The number of ether oxygens (including phenoxy) is 1. The van der Waals surface area contributed by atoms with Gasteiger partial charge in [0.1, 0.15) is 11.9 Å². The van der Waals surface area contributed by atoms with E-state index in [9.17, 15) is 4.79 Å². The molecule has 1 saturated heterocycles. The summed E-state index contributed by atoms with van der Waals surface area (Å²) in [5.74, 6) is 1.08. The van der Waals surface area contributed by atoms with Gasteiger partial charge in [-0.05, 0) is 61.9 Å². The van der Waals surface area contributed by atoms with E-state index >= 15 is 0 Å². The van der Waals surface area contributed by atoms with Crippen LogP contribution in [0.3, 0.4) is 0 Å². The van der Waals surface area contributed by atoms with Crippen molar-refractivity contribution in [3.8, 4) is 5.75 Å². The largest absolute Gasteiger partial charge is 0.490 e. The second-order valence-electron chi connectivity index (χ2n) is 7.57. The third-order valence-electron chi connectivity index (χ3n) is 5.28. The minimum atomic E-state index is 0.0900. The lowest BCUT2D eigenvalue weighted by atomic mass is 10.1. The number of nitrogens with one attached hydrogen (secondary N) is 1. The topological polar surface area (TPSA) is 41.6 Å². The number of piperidine rings is 1. The smallest absolute Gasteiger partial charge is 0.234 e. The molecule has 1 aliphatic rings. The zero-order chi connectivity index (χ0) is 19.2. The minimum absolute atomic E-state index is 0.0900. The van der Waals surface area contributed by atoms with Gasteiger partial charge in [0.05, 0.1) is 6.54 Å². The van der Waals surface area contributed by atoms with Gasteiger partial charge in [-0.1, -0.05) is 36.4 Å². The van der Waals surface area contributed by atoms with Crippen molar-refractivity contribution in [2.45, 2.75) is 46.3 Å². The van der Waals surface area contributed by atoms with Crippen LogP contribution in [-0.4, -0.2) is 36.5 Å². The number of rotatable bonds is 6. The van der Waals surface area contributed by atoms with Crippen LogP contribution in [0, 0.1) is 20.8 Å². The lowest BCUT2D eigenvalue weighted by molar-refractivity contribution is -0.122. The van der Waals surface area contributed by atoms with Crippen LogP contribution in [0.4, 0.5) is 0 Å². The van der Waals surface area contributed by atoms with Crippen molar-refractivity contribution in [1.29, 1.82) is 0 Å². The molecule has 3 rings (SSSR count). The first-order valence-electron chi connectivity index (χ1n) is 9.79. The molecule has 1 aliphatic heterocycles. The van der Waals surface area contributed by atoms with Crippen molar-refractivity contribution >= 4 is 5.91 Å². The molecule has 0 bridgehead atoms. The van der Waals surface area contributed by atoms with Crippen molar-refractivity contribution in [3.05, 3.63) is 64.7 Å². The number of carbonyl (C=O) groups is 1. The average Bonchev–Trinajstić information content (AvgIpc) is 2.66. The molecule has 27 heavy (non-hydrogen) atoms. The van der Waals surface area contributed by atoms with Crippen LogP contribution in [0.25, 0.3) is 0 Å². The van der Waals surface area contributed by atoms with Crippen molar-refractivity contribution in [2.75, 3.05) is 19.6 Å². The molecule has 144 valence electrons. The Labute approximate surface area is 162 Å². The molecule has 2 aromatic carbocycles. The molecule has 1 N–H and O–H groups in total. The molecule has 1 heterocycles. The number of benzene rings is 2. The lowest BCUT2D eigenvalue weighted by Crippen LogP contribution is -2.43. The Balaban J connectivity index is 1.42. The second-order valence-corrected chi connectivity index (χ2v) is 7.57. The van der Waals surface area contributed by atoms with E-state index in [0.29, 0.717) is 13.1 Å². The van der Waals surface area contributed by atoms with E-state index in [4.69, 9.17) is 4.74 Å². The highest BCUT2D eigenvalue weighted by molar-refractivity contribution is 5.78. The zero-order valence-electron chi connectivity index (χ0n) is 16.6. The molecule has 0 saturated carbocycles. The standard InChI is InChI=1S/C23H30N2O2/c1-17-8-9-19(3)22(14-17)27-21-10-12-25(13-11-21)16-23(26)24-15-20-7-5-4-6-18(20)2/h4-9,14,21H,10-13,15-16H2,1-3H3,(H,24,26). The van der Waals surface area contributed by atoms with Crippen LogP contribution >= 0.6 is 0 Å². The fraction of sp³-hybridized carbons (Fsp3) is 0.435. The first kappa shape index (κ1) is 19.4. The molecular weight excluding hydrogens is 336 g/mol. The Bertz CT molecular complexity index is 780. The van der Waals surface area contributed by atoms with Crippen LogP contribution in [-0.2, 0) is 11.3 Å². The molecule has 0 atom stereocenters. The van der Waals surface area contributed by atoms with Gasteiger partial charge in [-0.25, -0.2) is 0 Å². The monoisotopic (exact) mass is 366 g/mol. The summed E-state index contributed by atoms with van der Waals surface area (Å²) in [5, 5.41) is 3.04. The van der Waals surface area contributed by atoms with Gasteiger partial charge in [0, 0.05) is 19.6 Å². The molecular formula is C23H30N2O2. The third kappa shape index (κ3) is 5.57. The van der Waals surface area contributed by atoms with E-state index in [1.165, 1.54) is 22.3 Å². The Morgan fingerprint density at radius 1 is 1.07 bits per heavy atom. The summed E-state index contributed by atoms with van der Waals surface area (Å²) in [4.78, 5) is 14.5. The second kappa shape index (κ2) is 9.05. The number of carbonyl (C=O) groups excluding carboxylic acids is 1. The van der Waals surface area contributed by atoms with Gasteiger partial charge in [-0.3, -0.25) is 9.69 Å². The number of nitrogens with zero attached hydrogens (tertiary/aromatic N) is 1. The number of hydrogen-bond acceptors (Lipinski definition) is 3. The number of amides is 1. The average molecular weight is 367 g/mol. The summed E-state index contributed by atoms with van der Waals surface area (Å²) in [6, 6.07) is 14.5. The quantitative estimate of drug-likeness (QED) is 0.846. The molecule has 4 heteroatoms. The summed E-state index contributed by atoms with van der Waals surface area (Å²) in [5.41, 5.74) is 4.78. The maximum atomic E-state index is 12.3. The third-order valence-corrected chi connectivity index (χ3v) is 5.28. The number of likely N-dealkylation sites (tertiary alicyclic amines) is 1. The Morgan fingerprint density at radius 2 is 1.81 bits per heavy atom. The number of hydrogen-bond donors (Lipinski definition) is 1. The van der Waals surface area contributed by atoms with Gasteiger partial charge < -0.3 is 10.1 Å². The van der Waals surface area contributed by atoms with E-state index in [2.05, 4.69) is 61.3 Å². The van der Waals surface area contributed by atoms with Crippen LogP contribution < -0.4 is 10.1 Å². The maximum Gasteiger partial charge on any atom is 0.234 e. The first-order valence-corrected chi connectivity index (χ1v) is 9.79. The van der Waals surface area contributed by atoms with E-state index in [-0.39, 0.29) is 12.0 Å². The fourth-order valence-electron chi connectivity index (χ4n) is 3.46. The van der Waals surface area contributed by atoms with Crippen LogP contribution in [0.2, 0.25) is 0 Å². The highest BCUT2D eigenvalue weighted by Crippen LogP contribution is 2.23. The molecule has 1 amide bonds. The van der Waals surface area contributed by atoms with Crippen molar-refractivity contribution in [2.24, 2.45) is 0 Å². The lowest BCUT2D eigenvalue weighted by Gasteiger charge is -2.32. The molecule has 1 fully saturated rings. The van der Waals surface area contributed by atoms with Crippen LogP contribution in [0.1, 0.15) is 35.1 Å². The Morgan fingerprint density at radius 3 is 2.56 bits per heavy atom. The van der Waals surface area contributed by atoms with E-state index in [0.717, 1.165) is 31.7 Å². The zero-order valence-corrected chi connectivity index (χ0v) is 16.6. The Hall–Kier alpha value is -2.33. The molecule has 0 aromatic heterocycles. The summed E-state index contributed by atoms with van der Waals surface area (Å²) >= 11 is 0. The van der Waals surface area contributed by atoms with Crippen molar-refractivity contribution in [1.82, 2.24) is 10.2 Å². The van der Waals surface area contributed by atoms with Gasteiger partial charge >= 0.3 is 0 Å². The highest BCUT2D eigenvalue weighted by Gasteiger charge is 2.22. The number of aryl methyl sites for hydroxylation is 3. The van der Waals surface area contributed by atoms with Gasteiger partial charge in [0.15, 0.2) is 0 Å². The predicted octanol–water partition coefficient (Wildman–Crippen LogP) is 3.77. The summed E-state index contributed by atoms with van der Waals surface area (Å²) in [6.45, 7) is 9.09. The molecule has 0 aliphatic carbocycles. The van der Waals surface area contributed by atoms with Gasteiger partial charge in [-0.2, -0.15) is 0 Å². The molecule has 2 aromatic rings. The first-order chi connectivity index (χ1) is 13.0. The SMILES string of the molecule is Cc1ccc(C)c(OC2CCN(CC(=O)NCc3ccccc3C)CC2)c1.